The summed E-state index contributed by atoms with van der Waals surface area (Å²) >= 11 is 31.0. The van der Waals surface area contributed by atoms with Crippen molar-refractivity contribution in [2.45, 2.75) is 23.1 Å². The number of nitrogens with one attached hydrogen (secondary N) is 2. The van der Waals surface area contributed by atoms with Crippen LogP contribution in [0.25, 0.3) is 0 Å². The normalized spacial score (nSPS) is 21.7. The molecule has 2 saturated carbocycles. The smallest absolute Gasteiger partial charge is 0.272 e. The van der Waals surface area contributed by atoms with E-state index in [4.69, 9.17) is 58.0 Å². The minimum atomic E-state index is -1.30. The first-order valence-electron chi connectivity index (χ1n) is 9.44. The minimum absolute atomic E-state index is 0.185. The maximum atomic E-state index is 12.9. The summed E-state index contributed by atoms with van der Waals surface area (Å²) in [6.07, 6.45) is 3.86. The van der Waals surface area contributed by atoms with E-state index in [-0.39, 0.29) is 10.6 Å². The minimum Gasteiger partial charge on any atom is -0.326 e. The van der Waals surface area contributed by atoms with Crippen LogP contribution in [-0.4, -0.2) is 22.4 Å². The van der Waals surface area contributed by atoms with Crippen LogP contribution in [0.2, 0.25) is 15.1 Å². The highest BCUT2D eigenvalue weighted by molar-refractivity contribution is 6.53. The molecule has 0 aromatic heterocycles. The predicted octanol–water partition coefficient (Wildman–Crippen LogP) is 6.30. The van der Waals surface area contributed by atoms with Crippen molar-refractivity contribution in [2.75, 3.05) is 5.32 Å². The first-order chi connectivity index (χ1) is 14.7. The summed E-state index contributed by atoms with van der Waals surface area (Å²) in [6, 6.07) is 9.52. The largest absolute Gasteiger partial charge is 0.326 e. The molecule has 4 rings (SSSR count). The lowest BCUT2D eigenvalue weighted by atomic mass is 10.1. The molecule has 0 bridgehead atoms. The second kappa shape index (κ2) is 8.80. The summed E-state index contributed by atoms with van der Waals surface area (Å²) in [7, 11) is 0. The quantitative estimate of drug-likeness (QED) is 0.267. The zero-order valence-corrected chi connectivity index (χ0v) is 19.6. The van der Waals surface area contributed by atoms with Gasteiger partial charge in [0.15, 0.2) is 0 Å². The topological polar surface area (TPSA) is 70.6 Å². The van der Waals surface area contributed by atoms with Crippen LogP contribution in [0.5, 0.6) is 0 Å². The predicted molar refractivity (Wildman–Crippen MR) is 126 cm³/mol. The third kappa shape index (κ3) is 5.12. The molecule has 2 aliphatic rings. The number of rotatable bonds is 6. The molecule has 2 unspecified atom stereocenters. The highest BCUT2D eigenvalue weighted by Gasteiger charge is 2.67. The van der Waals surface area contributed by atoms with Crippen LogP contribution in [0.4, 0.5) is 5.69 Å². The number of amides is 2. The standard InChI is InChI=1S/C21H16Cl5N3O2/c22-12-5-11(6-13(23)7-12)17-18(21(17,25)26)20(31)28-14-3-4-16(24)15(8-14)19(30)29-27-9-10-1-2-10/h3-10,17-18H,1-2H2,(H,28,31)(H,29,30)/b27-9+. The summed E-state index contributed by atoms with van der Waals surface area (Å²) < 4.78 is -1.30. The van der Waals surface area contributed by atoms with Gasteiger partial charge in [-0.25, -0.2) is 5.43 Å². The molecule has 2 N–H and O–H groups in total. The molecule has 0 heterocycles. The number of anilines is 1. The van der Waals surface area contributed by atoms with Gasteiger partial charge in [-0.1, -0.05) is 34.8 Å². The SMILES string of the molecule is O=C(N/N=C/C1CC1)c1cc(NC(=O)C2C(c3cc(Cl)cc(Cl)c3)C2(Cl)Cl)ccc1Cl. The Labute approximate surface area is 204 Å². The number of carbonyl (C=O) groups excluding carboxylic acids is 2. The van der Waals surface area contributed by atoms with Crippen molar-refractivity contribution in [2.24, 2.45) is 16.9 Å². The summed E-state index contributed by atoms with van der Waals surface area (Å²) in [4.78, 5) is 25.2. The molecule has 2 aliphatic carbocycles. The van der Waals surface area contributed by atoms with Gasteiger partial charge in [0.05, 0.1) is 16.5 Å². The van der Waals surface area contributed by atoms with Gasteiger partial charge in [-0.3, -0.25) is 9.59 Å². The van der Waals surface area contributed by atoms with Gasteiger partial charge in [0.1, 0.15) is 4.33 Å². The number of hydrogen-bond acceptors (Lipinski definition) is 3. The van der Waals surface area contributed by atoms with Crippen molar-refractivity contribution in [3.63, 3.8) is 0 Å². The molecule has 162 valence electrons. The lowest BCUT2D eigenvalue weighted by Crippen LogP contribution is -2.20. The first-order valence-corrected chi connectivity index (χ1v) is 11.3. The Hall–Kier alpha value is -1.50. The average molecular weight is 520 g/mol. The van der Waals surface area contributed by atoms with Crippen molar-refractivity contribution in [1.29, 1.82) is 0 Å². The fourth-order valence-corrected chi connectivity index (χ4v) is 4.90. The van der Waals surface area contributed by atoms with Crippen molar-refractivity contribution in [1.82, 2.24) is 5.43 Å². The highest BCUT2D eigenvalue weighted by Crippen LogP contribution is 2.65. The molecule has 0 radical (unpaired) electrons. The van der Waals surface area contributed by atoms with Crippen LogP contribution in [0.15, 0.2) is 41.5 Å². The number of hydrazone groups is 1. The van der Waals surface area contributed by atoms with Gasteiger partial charge in [-0.15, -0.1) is 23.2 Å². The van der Waals surface area contributed by atoms with E-state index in [1.54, 1.807) is 30.5 Å². The second-order valence-electron chi connectivity index (χ2n) is 7.57. The Bertz CT molecular complexity index is 1060. The maximum absolute atomic E-state index is 12.9. The van der Waals surface area contributed by atoms with Crippen molar-refractivity contribution >= 4 is 81.7 Å². The molecule has 10 heteroatoms. The van der Waals surface area contributed by atoms with E-state index in [9.17, 15) is 9.59 Å². The number of carbonyl (C=O) groups is 2. The third-order valence-corrected chi connectivity index (χ3v) is 6.84. The Morgan fingerprint density at radius 1 is 1.03 bits per heavy atom. The number of hydrogen-bond donors (Lipinski definition) is 2. The van der Waals surface area contributed by atoms with Gasteiger partial charge in [0.2, 0.25) is 5.91 Å². The van der Waals surface area contributed by atoms with Gasteiger partial charge in [-0.05, 0) is 60.7 Å². The summed E-state index contributed by atoms with van der Waals surface area (Å²) in [5, 5.41) is 7.76. The Morgan fingerprint density at radius 2 is 1.71 bits per heavy atom. The van der Waals surface area contributed by atoms with Crippen LogP contribution < -0.4 is 10.7 Å². The molecule has 0 spiro atoms. The Kier molecular flexibility index (Phi) is 6.44. The second-order valence-corrected chi connectivity index (χ2v) is 10.3. The number of benzene rings is 2. The van der Waals surface area contributed by atoms with Crippen LogP contribution in [0.1, 0.15) is 34.7 Å². The van der Waals surface area contributed by atoms with E-state index in [0.29, 0.717) is 27.2 Å². The Morgan fingerprint density at radius 3 is 2.35 bits per heavy atom. The van der Waals surface area contributed by atoms with Crippen LogP contribution in [-0.2, 0) is 4.79 Å². The molecular formula is C21H16Cl5N3O2. The molecule has 2 amide bonds. The molecule has 2 aromatic carbocycles. The fourth-order valence-electron chi connectivity index (χ4n) is 3.33. The summed E-state index contributed by atoms with van der Waals surface area (Å²) in [5.74, 6) is -1.64. The van der Waals surface area contributed by atoms with E-state index >= 15 is 0 Å². The fraction of sp³-hybridized carbons (Fsp3) is 0.286. The number of halogens is 5. The number of nitrogens with zero attached hydrogens (tertiary/aromatic N) is 1. The van der Waals surface area contributed by atoms with Gasteiger partial charge >= 0.3 is 0 Å². The number of alkyl halides is 2. The third-order valence-electron chi connectivity index (χ3n) is 5.13. The lowest BCUT2D eigenvalue weighted by Gasteiger charge is -2.09. The molecule has 2 fully saturated rings. The van der Waals surface area contributed by atoms with Crippen molar-refractivity contribution in [3.8, 4) is 0 Å². The van der Waals surface area contributed by atoms with Gasteiger partial charge in [0, 0.05) is 27.9 Å². The van der Waals surface area contributed by atoms with Gasteiger partial charge in [-0.2, -0.15) is 5.10 Å². The first kappa shape index (κ1) is 22.7. The van der Waals surface area contributed by atoms with Crippen molar-refractivity contribution in [3.05, 3.63) is 62.6 Å². The maximum Gasteiger partial charge on any atom is 0.272 e. The molecule has 2 atom stereocenters. The summed E-state index contributed by atoms with van der Waals surface area (Å²) in [6.45, 7) is 0. The monoisotopic (exact) mass is 517 g/mol. The molecule has 0 aliphatic heterocycles. The molecule has 2 aromatic rings. The van der Waals surface area contributed by atoms with Crippen LogP contribution in [0, 0.1) is 11.8 Å². The van der Waals surface area contributed by atoms with Gasteiger partial charge in [0.25, 0.3) is 5.91 Å². The van der Waals surface area contributed by atoms with Gasteiger partial charge < -0.3 is 5.32 Å². The molecule has 5 nitrogen and oxygen atoms in total. The summed E-state index contributed by atoms with van der Waals surface area (Å²) in [5.41, 5.74) is 3.68. The van der Waals surface area contributed by atoms with E-state index in [1.165, 1.54) is 12.1 Å². The van der Waals surface area contributed by atoms with Crippen LogP contribution >= 0.6 is 58.0 Å². The Balaban J connectivity index is 1.47. The lowest BCUT2D eigenvalue weighted by molar-refractivity contribution is -0.117. The van der Waals surface area contributed by atoms with E-state index < -0.39 is 28.0 Å². The zero-order chi connectivity index (χ0) is 22.3. The van der Waals surface area contributed by atoms with E-state index in [0.717, 1.165) is 12.8 Å². The van der Waals surface area contributed by atoms with E-state index in [1.807, 2.05) is 0 Å². The average Bonchev–Trinajstić information content (AvgIpc) is 3.58. The van der Waals surface area contributed by atoms with E-state index in [2.05, 4.69) is 15.8 Å². The highest BCUT2D eigenvalue weighted by atomic mass is 35.5. The molecular weight excluding hydrogens is 504 g/mol. The van der Waals surface area contributed by atoms with Crippen molar-refractivity contribution < 1.29 is 9.59 Å². The molecule has 0 saturated heterocycles. The zero-order valence-electron chi connectivity index (χ0n) is 15.8. The van der Waals surface area contributed by atoms with Crippen LogP contribution in [0.3, 0.4) is 0 Å². The molecule has 31 heavy (non-hydrogen) atoms.